The summed E-state index contributed by atoms with van der Waals surface area (Å²) in [6, 6.07) is 13.0. The Kier molecular flexibility index (Phi) is 6.53. The van der Waals surface area contributed by atoms with Crippen LogP contribution in [0.5, 0.6) is 0 Å². The smallest absolute Gasteiger partial charge is 0.277 e. The molecule has 186 valence electrons. The van der Waals surface area contributed by atoms with Crippen molar-refractivity contribution in [3.05, 3.63) is 70.0 Å². The second-order valence-corrected chi connectivity index (χ2v) is 9.61. The van der Waals surface area contributed by atoms with Crippen LogP contribution in [-0.2, 0) is 17.6 Å². The largest absolute Gasteiger partial charge is 0.364 e. The number of nitrogens with zero attached hydrogens (tertiary/aromatic N) is 4. The topological polar surface area (TPSA) is 102 Å². The number of aromatic nitrogens is 2. The molecule has 0 spiro atoms. The monoisotopic (exact) mass is 505 g/mol. The van der Waals surface area contributed by atoms with E-state index in [-0.39, 0.29) is 17.5 Å². The number of hydrogen-bond acceptors (Lipinski definition) is 4. The number of hydrogen-bond donors (Lipinski definition) is 1. The van der Waals surface area contributed by atoms with Gasteiger partial charge in [-0.2, -0.15) is 5.10 Å². The quantitative estimate of drug-likeness (QED) is 0.539. The highest BCUT2D eigenvalue weighted by molar-refractivity contribution is 6.31. The SMILES string of the molecule is CCCc1ccc(-n2nc(C(N)=O)c3c2C(=O)N(c2ccc(N4CCCCC4=O)cc2)CC3)cc1Cl. The van der Waals surface area contributed by atoms with Gasteiger partial charge >= 0.3 is 0 Å². The summed E-state index contributed by atoms with van der Waals surface area (Å²) < 4.78 is 1.48. The zero-order chi connectivity index (χ0) is 25.4. The second kappa shape index (κ2) is 9.78. The molecule has 1 saturated heterocycles. The van der Waals surface area contributed by atoms with Crippen LogP contribution in [0.15, 0.2) is 42.5 Å². The van der Waals surface area contributed by atoms with E-state index < -0.39 is 5.91 Å². The summed E-state index contributed by atoms with van der Waals surface area (Å²) >= 11 is 6.50. The van der Waals surface area contributed by atoms with Gasteiger partial charge in [-0.05, 0) is 67.6 Å². The summed E-state index contributed by atoms with van der Waals surface area (Å²) in [4.78, 5) is 41.7. The standard InChI is InChI=1S/C27H28ClN5O3/c1-2-5-17-7-8-20(16-22(17)28)33-25-21(24(30-33)26(29)35)13-15-32(27(25)36)19-11-9-18(10-12-19)31-14-4-3-6-23(31)34/h7-12,16H,2-6,13-15H2,1H3,(H2,29,35). The van der Waals surface area contributed by atoms with E-state index in [2.05, 4.69) is 12.0 Å². The number of piperidine rings is 1. The Bertz CT molecular complexity index is 1350. The predicted octanol–water partition coefficient (Wildman–Crippen LogP) is 4.30. The van der Waals surface area contributed by atoms with E-state index in [9.17, 15) is 14.4 Å². The van der Waals surface area contributed by atoms with Crippen molar-refractivity contribution in [2.45, 2.75) is 45.4 Å². The van der Waals surface area contributed by atoms with Crippen LogP contribution in [0.1, 0.15) is 64.7 Å². The van der Waals surface area contributed by atoms with Gasteiger partial charge in [0.25, 0.3) is 11.8 Å². The molecule has 1 fully saturated rings. The van der Waals surface area contributed by atoms with Crippen molar-refractivity contribution in [3.8, 4) is 5.69 Å². The summed E-state index contributed by atoms with van der Waals surface area (Å²) in [7, 11) is 0. The van der Waals surface area contributed by atoms with E-state index in [1.807, 2.05) is 36.4 Å². The fraction of sp³-hybridized carbons (Fsp3) is 0.333. The number of primary amides is 1. The van der Waals surface area contributed by atoms with Gasteiger partial charge in [0.1, 0.15) is 5.69 Å². The second-order valence-electron chi connectivity index (χ2n) is 9.20. The van der Waals surface area contributed by atoms with Gasteiger partial charge in [-0.3, -0.25) is 14.4 Å². The van der Waals surface area contributed by atoms with Crippen LogP contribution < -0.4 is 15.5 Å². The molecule has 2 aromatic carbocycles. The van der Waals surface area contributed by atoms with Gasteiger partial charge in [-0.1, -0.05) is 31.0 Å². The molecule has 0 bridgehead atoms. The van der Waals surface area contributed by atoms with E-state index in [0.29, 0.717) is 53.6 Å². The maximum Gasteiger partial charge on any atom is 0.277 e. The van der Waals surface area contributed by atoms with E-state index in [0.717, 1.165) is 36.9 Å². The van der Waals surface area contributed by atoms with Gasteiger partial charge in [-0.15, -0.1) is 0 Å². The summed E-state index contributed by atoms with van der Waals surface area (Å²) in [5.74, 6) is -0.818. The van der Waals surface area contributed by atoms with Crippen LogP contribution >= 0.6 is 11.6 Å². The summed E-state index contributed by atoms with van der Waals surface area (Å²) in [6.07, 6.45) is 4.70. The zero-order valence-electron chi connectivity index (χ0n) is 20.2. The molecule has 3 amide bonds. The summed E-state index contributed by atoms with van der Waals surface area (Å²) in [6.45, 7) is 3.17. The van der Waals surface area contributed by atoms with Crippen LogP contribution in [0.4, 0.5) is 11.4 Å². The van der Waals surface area contributed by atoms with Crippen molar-refractivity contribution in [2.75, 3.05) is 22.9 Å². The van der Waals surface area contributed by atoms with Gasteiger partial charge in [0, 0.05) is 41.5 Å². The number of benzene rings is 2. The van der Waals surface area contributed by atoms with Crippen molar-refractivity contribution < 1.29 is 14.4 Å². The average molecular weight is 506 g/mol. The minimum absolute atomic E-state index is 0.103. The lowest BCUT2D eigenvalue weighted by Crippen LogP contribution is -2.39. The number of rotatable bonds is 6. The molecule has 2 aliphatic rings. The molecule has 5 rings (SSSR count). The van der Waals surface area contributed by atoms with Crippen LogP contribution in [0, 0.1) is 0 Å². The Morgan fingerprint density at radius 2 is 1.67 bits per heavy atom. The fourth-order valence-electron chi connectivity index (χ4n) is 5.02. The minimum Gasteiger partial charge on any atom is -0.364 e. The first-order valence-electron chi connectivity index (χ1n) is 12.3. The molecule has 3 heterocycles. The Morgan fingerprint density at radius 1 is 0.972 bits per heavy atom. The first kappa shape index (κ1) is 24.1. The normalized spacial score (nSPS) is 15.8. The number of carbonyl (C=O) groups excluding carboxylic acids is 3. The average Bonchev–Trinajstić information content (AvgIpc) is 3.27. The Balaban J connectivity index is 1.50. The molecule has 0 saturated carbocycles. The number of carbonyl (C=O) groups is 3. The molecular weight excluding hydrogens is 478 g/mol. The highest BCUT2D eigenvalue weighted by atomic mass is 35.5. The number of anilines is 2. The van der Waals surface area contributed by atoms with Gasteiger partial charge in [0.2, 0.25) is 5.91 Å². The van der Waals surface area contributed by atoms with Gasteiger partial charge in [-0.25, -0.2) is 4.68 Å². The fourth-order valence-corrected chi connectivity index (χ4v) is 5.29. The van der Waals surface area contributed by atoms with Crippen LogP contribution in [0.3, 0.4) is 0 Å². The third kappa shape index (κ3) is 4.26. The van der Waals surface area contributed by atoms with E-state index in [1.54, 1.807) is 15.9 Å². The van der Waals surface area contributed by atoms with Crippen molar-refractivity contribution in [2.24, 2.45) is 5.73 Å². The predicted molar refractivity (Wildman–Crippen MR) is 139 cm³/mol. The molecule has 0 unspecified atom stereocenters. The number of nitrogens with two attached hydrogens (primary N) is 1. The van der Waals surface area contributed by atoms with Gasteiger partial charge in [0.15, 0.2) is 5.69 Å². The maximum absolute atomic E-state index is 13.8. The number of aryl methyl sites for hydroxylation is 1. The highest BCUT2D eigenvalue weighted by Gasteiger charge is 2.34. The number of amides is 3. The molecule has 2 aliphatic heterocycles. The lowest BCUT2D eigenvalue weighted by molar-refractivity contribution is -0.119. The molecule has 3 aromatic rings. The molecule has 36 heavy (non-hydrogen) atoms. The lowest BCUT2D eigenvalue weighted by atomic mass is 10.0. The molecule has 0 atom stereocenters. The van der Waals surface area contributed by atoms with Crippen molar-refractivity contribution in [1.29, 1.82) is 0 Å². The van der Waals surface area contributed by atoms with E-state index in [1.165, 1.54) is 4.68 Å². The van der Waals surface area contributed by atoms with Crippen molar-refractivity contribution in [3.63, 3.8) is 0 Å². The highest BCUT2D eigenvalue weighted by Crippen LogP contribution is 2.31. The zero-order valence-corrected chi connectivity index (χ0v) is 20.9. The Morgan fingerprint density at radius 3 is 2.31 bits per heavy atom. The van der Waals surface area contributed by atoms with Gasteiger partial charge < -0.3 is 15.5 Å². The lowest BCUT2D eigenvalue weighted by Gasteiger charge is -2.29. The summed E-state index contributed by atoms with van der Waals surface area (Å²) in [5, 5.41) is 5.02. The molecule has 2 N–H and O–H groups in total. The molecule has 1 aromatic heterocycles. The molecule has 9 heteroatoms. The summed E-state index contributed by atoms with van der Waals surface area (Å²) in [5.41, 5.74) is 9.73. The third-order valence-electron chi connectivity index (χ3n) is 6.85. The van der Waals surface area contributed by atoms with Crippen LogP contribution in [0.2, 0.25) is 5.02 Å². The van der Waals surface area contributed by atoms with Crippen molar-refractivity contribution in [1.82, 2.24) is 9.78 Å². The van der Waals surface area contributed by atoms with Crippen LogP contribution in [-0.4, -0.2) is 40.6 Å². The molecule has 0 radical (unpaired) electrons. The van der Waals surface area contributed by atoms with Crippen molar-refractivity contribution >= 4 is 40.7 Å². The first-order valence-corrected chi connectivity index (χ1v) is 12.7. The minimum atomic E-state index is -0.671. The number of fused-ring (bicyclic) bond motifs is 1. The third-order valence-corrected chi connectivity index (χ3v) is 7.20. The number of halogens is 1. The maximum atomic E-state index is 13.8. The molecular formula is C27H28ClN5O3. The Hall–Kier alpha value is -3.65. The molecule has 0 aliphatic carbocycles. The van der Waals surface area contributed by atoms with E-state index in [4.69, 9.17) is 17.3 Å². The van der Waals surface area contributed by atoms with Gasteiger partial charge in [0.05, 0.1) is 5.69 Å². The van der Waals surface area contributed by atoms with Crippen LogP contribution in [0.25, 0.3) is 5.69 Å². The first-order chi connectivity index (χ1) is 17.4. The molecule has 8 nitrogen and oxygen atoms in total. The Labute approximate surface area is 214 Å². The van der Waals surface area contributed by atoms with E-state index >= 15 is 0 Å².